The van der Waals surface area contributed by atoms with Crippen molar-refractivity contribution in [3.05, 3.63) is 29.8 Å². The van der Waals surface area contributed by atoms with E-state index < -0.39 is 6.10 Å². The lowest BCUT2D eigenvalue weighted by molar-refractivity contribution is -0.135. The molecule has 1 rings (SSSR count). The van der Waals surface area contributed by atoms with Crippen molar-refractivity contribution in [3.63, 3.8) is 0 Å². The van der Waals surface area contributed by atoms with Crippen molar-refractivity contribution in [1.82, 2.24) is 4.90 Å². The summed E-state index contributed by atoms with van der Waals surface area (Å²) < 4.78 is 5.64. The average molecular weight is 235 g/mol. The highest BCUT2D eigenvalue weighted by Gasteiger charge is 2.16. The molecule has 0 aromatic heterocycles. The van der Waals surface area contributed by atoms with Gasteiger partial charge in [0.15, 0.2) is 6.10 Å². The molecule has 0 saturated heterocycles. The predicted molar refractivity (Wildman–Crippen MR) is 69.3 cm³/mol. The first-order valence-corrected chi connectivity index (χ1v) is 5.89. The van der Waals surface area contributed by atoms with Crippen molar-refractivity contribution >= 4 is 5.91 Å². The molecule has 17 heavy (non-hydrogen) atoms. The van der Waals surface area contributed by atoms with Gasteiger partial charge < -0.3 is 9.64 Å². The van der Waals surface area contributed by atoms with Gasteiger partial charge in [-0.25, -0.2) is 0 Å². The predicted octanol–water partition coefficient (Wildman–Crippen LogP) is 2.67. The smallest absolute Gasteiger partial charge is 0.262 e. The van der Waals surface area contributed by atoms with E-state index in [0.29, 0.717) is 5.92 Å². The number of hydrogen-bond acceptors (Lipinski definition) is 2. The van der Waals surface area contributed by atoms with E-state index in [4.69, 9.17) is 4.74 Å². The zero-order chi connectivity index (χ0) is 13.0. The molecule has 0 bridgehead atoms. The maximum atomic E-state index is 11.7. The number of carbonyl (C=O) groups excluding carboxylic acids is 1. The Bertz CT molecular complexity index is 386. The Morgan fingerprint density at radius 2 is 1.88 bits per heavy atom. The monoisotopic (exact) mass is 235 g/mol. The molecule has 3 nitrogen and oxygen atoms in total. The minimum atomic E-state index is -0.451. The quantitative estimate of drug-likeness (QED) is 0.803. The Morgan fingerprint density at radius 1 is 1.24 bits per heavy atom. The van der Waals surface area contributed by atoms with E-state index in [1.54, 1.807) is 21.0 Å². The molecule has 0 spiro atoms. The van der Waals surface area contributed by atoms with E-state index in [1.807, 2.05) is 18.2 Å². The van der Waals surface area contributed by atoms with Crippen LogP contribution >= 0.6 is 0 Å². The third kappa shape index (κ3) is 3.77. The van der Waals surface area contributed by atoms with Gasteiger partial charge in [-0.1, -0.05) is 26.0 Å². The highest BCUT2D eigenvalue weighted by Crippen LogP contribution is 2.21. The molecule has 0 heterocycles. The zero-order valence-electron chi connectivity index (χ0n) is 11.2. The van der Waals surface area contributed by atoms with Crippen molar-refractivity contribution in [3.8, 4) is 5.75 Å². The fourth-order valence-corrected chi connectivity index (χ4v) is 1.57. The van der Waals surface area contributed by atoms with Crippen LogP contribution in [0.15, 0.2) is 24.3 Å². The number of hydrogen-bond donors (Lipinski definition) is 0. The van der Waals surface area contributed by atoms with Crippen LogP contribution in [0.3, 0.4) is 0 Å². The van der Waals surface area contributed by atoms with Gasteiger partial charge in [0.05, 0.1) is 0 Å². The standard InChI is InChI=1S/C14H21NO2/c1-10(2)12-7-6-8-13(9-12)17-11(3)14(16)15(4)5/h6-11H,1-5H3. The molecule has 1 amide bonds. The molecule has 1 aromatic carbocycles. The van der Waals surface area contributed by atoms with Gasteiger partial charge in [-0.05, 0) is 30.5 Å². The van der Waals surface area contributed by atoms with E-state index >= 15 is 0 Å². The maximum absolute atomic E-state index is 11.7. The molecular weight excluding hydrogens is 214 g/mol. The van der Waals surface area contributed by atoms with Crippen molar-refractivity contribution in [2.75, 3.05) is 14.1 Å². The van der Waals surface area contributed by atoms with Gasteiger partial charge in [0.25, 0.3) is 5.91 Å². The summed E-state index contributed by atoms with van der Waals surface area (Å²) in [5, 5.41) is 0. The van der Waals surface area contributed by atoms with E-state index in [-0.39, 0.29) is 5.91 Å². The number of benzene rings is 1. The van der Waals surface area contributed by atoms with Crippen LogP contribution < -0.4 is 4.74 Å². The Morgan fingerprint density at radius 3 is 2.41 bits per heavy atom. The Labute approximate surface area is 103 Å². The maximum Gasteiger partial charge on any atom is 0.262 e. The van der Waals surface area contributed by atoms with E-state index in [0.717, 1.165) is 5.75 Å². The van der Waals surface area contributed by atoms with Crippen LogP contribution in [0.4, 0.5) is 0 Å². The number of ether oxygens (including phenoxy) is 1. The molecule has 3 heteroatoms. The largest absolute Gasteiger partial charge is 0.481 e. The lowest BCUT2D eigenvalue weighted by atomic mass is 10.0. The first-order chi connectivity index (χ1) is 7.91. The SMILES string of the molecule is CC(Oc1cccc(C(C)C)c1)C(=O)N(C)C. The minimum absolute atomic E-state index is 0.0278. The van der Waals surface area contributed by atoms with Crippen LogP contribution in [-0.2, 0) is 4.79 Å². The van der Waals surface area contributed by atoms with Crippen LogP contribution in [-0.4, -0.2) is 31.0 Å². The Balaban J connectivity index is 2.75. The van der Waals surface area contributed by atoms with Crippen molar-refractivity contribution < 1.29 is 9.53 Å². The molecule has 0 aliphatic heterocycles. The zero-order valence-corrected chi connectivity index (χ0v) is 11.2. The molecule has 1 atom stereocenters. The lowest BCUT2D eigenvalue weighted by Crippen LogP contribution is -2.35. The summed E-state index contributed by atoms with van der Waals surface area (Å²) >= 11 is 0. The van der Waals surface area contributed by atoms with Gasteiger partial charge in [0.1, 0.15) is 5.75 Å². The molecule has 0 saturated carbocycles. The van der Waals surface area contributed by atoms with Gasteiger partial charge in [-0.15, -0.1) is 0 Å². The number of amides is 1. The Kier molecular flexibility index (Phi) is 4.55. The van der Waals surface area contributed by atoms with Crippen LogP contribution in [0.2, 0.25) is 0 Å². The van der Waals surface area contributed by atoms with E-state index in [1.165, 1.54) is 10.5 Å². The summed E-state index contributed by atoms with van der Waals surface area (Å²) in [5.41, 5.74) is 1.21. The van der Waals surface area contributed by atoms with E-state index in [2.05, 4.69) is 19.9 Å². The molecule has 0 aliphatic rings. The molecule has 0 fully saturated rings. The fraction of sp³-hybridized carbons (Fsp3) is 0.500. The highest BCUT2D eigenvalue weighted by molar-refractivity contribution is 5.80. The van der Waals surface area contributed by atoms with Crippen molar-refractivity contribution in [1.29, 1.82) is 0 Å². The van der Waals surface area contributed by atoms with Gasteiger partial charge in [0.2, 0.25) is 0 Å². The van der Waals surface area contributed by atoms with Gasteiger partial charge in [-0.2, -0.15) is 0 Å². The first kappa shape index (κ1) is 13.6. The molecule has 1 unspecified atom stereocenters. The summed E-state index contributed by atoms with van der Waals surface area (Å²) in [4.78, 5) is 13.2. The molecule has 0 radical (unpaired) electrons. The van der Waals surface area contributed by atoms with Crippen LogP contribution in [0.5, 0.6) is 5.75 Å². The summed E-state index contributed by atoms with van der Waals surface area (Å²) in [7, 11) is 3.46. The van der Waals surface area contributed by atoms with E-state index in [9.17, 15) is 4.79 Å². The van der Waals surface area contributed by atoms with Gasteiger partial charge in [0, 0.05) is 14.1 Å². The second-order valence-corrected chi connectivity index (χ2v) is 4.72. The normalized spacial score (nSPS) is 12.4. The molecule has 0 N–H and O–H groups in total. The molecule has 94 valence electrons. The van der Waals surface area contributed by atoms with Crippen molar-refractivity contribution in [2.24, 2.45) is 0 Å². The lowest BCUT2D eigenvalue weighted by Gasteiger charge is -2.19. The number of carbonyl (C=O) groups is 1. The molecule has 0 aliphatic carbocycles. The number of rotatable bonds is 4. The Hall–Kier alpha value is -1.51. The summed E-state index contributed by atoms with van der Waals surface area (Å²) in [6.07, 6.45) is -0.451. The van der Waals surface area contributed by atoms with Crippen LogP contribution in [0.25, 0.3) is 0 Å². The van der Waals surface area contributed by atoms with Crippen molar-refractivity contribution in [2.45, 2.75) is 32.8 Å². The second-order valence-electron chi connectivity index (χ2n) is 4.72. The molecule has 1 aromatic rings. The number of likely N-dealkylation sites (N-methyl/N-ethyl adjacent to an activating group) is 1. The average Bonchev–Trinajstić information content (AvgIpc) is 2.28. The van der Waals surface area contributed by atoms with Crippen LogP contribution in [0, 0.1) is 0 Å². The summed E-state index contributed by atoms with van der Waals surface area (Å²) in [5.74, 6) is 1.18. The first-order valence-electron chi connectivity index (χ1n) is 5.89. The second kappa shape index (κ2) is 5.71. The highest BCUT2D eigenvalue weighted by atomic mass is 16.5. The van der Waals surface area contributed by atoms with Gasteiger partial charge >= 0.3 is 0 Å². The topological polar surface area (TPSA) is 29.5 Å². The third-order valence-electron chi connectivity index (χ3n) is 2.63. The summed E-state index contributed by atoms with van der Waals surface area (Å²) in [6.45, 7) is 6.03. The minimum Gasteiger partial charge on any atom is -0.481 e. The number of nitrogens with zero attached hydrogens (tertiary/aromatic N) is 1. The van der Waals surface area contributed by atoms with Gasteiger partial charge in [-0.3, -0.25) is 4.79 Å². The van der Waals surface area contributed by atoms with Crippen LogP contribution in [0.1, 0.15) is 32.3 Å². The molecular formula is C14H21NO2. The third-order valence-corrected chi connectivity index (χ3v) is 2.63. The summed E-state index contributed by atoms with van der Waals surface area (Å²) in [6, 6.07) is 7.89. The fourth-order valence-electron chi connectivity index (χ4n) is 1.57.